The average Bonchev–Trinajstić information content (AvgIpc) is 3.11. The van der Waals surface area contributed by atoms with E-state index in [1.165, 1.54) is 60.7 Å². The van der Waals surface area contributed by atoms with E-state index in [9.17, 15) is 50.5 Å². The second-order valence-electron chi connectivity index (χ2n) is 12.1. The molecule has 8 N–H and O–H groups in total. The van der Waals surface area contributed by atoms with Crippen LogP contribution in [0.3, 0.4) is 0 Å². The third-order valence-corrected chi connectivity index (χ3v) is 10.3. The van der Waals surface area contributed by atoms with Gasteiger partial charge in [-0.1, -0.05) is 48.5 Å². The Morgan fingerprint density at radius 2 is 0.907 bits per heavy atom. The van der Waals surface area contributed by atoms with Gasteiger partial charge in [0.1, 0.15) is 21.3 Å². The Balaban J connectivity index is 1.17. The van der Waals surface area contributed by atoms with Crippen molar-refractivity contribution >= 4 is 82.4 Å². The van der Waals surface area contributed by atoms with Crippen LogP contribution in [0.5, 0.6) is 11.5 Å². The quantitative estimate of drug-likeness (QED) is 0.0628. The van der Waals surface area contributed by atoms with E-state index in [1.807, 2.05) is 0 Å². The van der Waals surface area contributed by atoms with Crippen molar-refractivity contribution in [3.05, 3.63) is 119 Å². The van der Waals surface area contributed by atoms with Crippen LogP contribution in [-0.2, 0) is 20.2 Å². The van der Waals surface area contributed by atoms with Crippen molar-refractivity contribution in [2.45, 2.75) is 23.6 Å². The van der Waals surface area contributed by atoms with Crippen LogP contribution in [0, 0.1) is 13.8 Å². The predicted molar refractivity (Wildman–Crippen MR) is 200 cm³/mol. The highest BCUT2D eigenvalue weighted by atomic mass is 32.2. The molecule has 0 heterocycles. The van der Waals surface area contributed by atoms with Gasteiger partial charge in [0.15, 0.2) is 0 Å². The largest absolute Gasteiger partial charge is 0.505 e. The van der Waals surface area contributed by atoms with Crippen LogP contribution in [0.1, 0.15) is 31.8 Å². The van der Waals surface area contributed by atoms with Crippen molar-refractivity contribution in [2.24, 2.45) is 0 Å². The highest BCUT2D eigenvalue weighted by Crippen LogP contribution is 2.40. The fourth-order valence-corrected chi connectivity index (χ4v) is 7.20. The topological polar surface area (TPSA) is 249 Å². The zero-order chi connectivity index (χ0) is 39.1. The molecule has 17 heteroatoms. The molecule has 0 aliphatic heterocycles. The molecule has 0 aromatic heterocycles. The number of amides is 4. The fourth-order valence-electron chi connectivity index (χ4n) is 5.75. The molecule has 0 bridgehead atoms. The number of phenolic OH excluding ortho intramolecular Hbond substituents is 2. The standard InChI is InChI=1S/C37H30N4O11S2/c1-19-9-11-23(17-27(19)38-25-15-13-21-5-3-7-29(53(47,48)49)31(21)33(25)42)35(44)40-37(46)41-36(45)24-12-10-20(2)28(18-24)39-26-16-14-22-6-4-8-30(54(50,51)52)32(22)34(26)43/h3-18,38-39,42-43H,1-2H3,(H,47,48,49)(H,50,51,52)(H2,40,41,44,45,46). The van der Waals surface area contributed by atoms with Gasteiger partial charge in [-0.25, -0.2) is 4.79 Å². The molecule has 6 rings (SSSR count). The SMILES string of the molecule is Cc1ccc(C(=O)NC(=O)NC(=O)c2ccc(C)c(Nc3ccc4cccc(S(=O)(=O)O)c4c3O)c2)cc1Nc1ccc2cccc(S(=O)(=O)O)c2c1O. The highest BCUT2D eigenvalue weighted by molar-refractivity contribution is 7.86. The smallest absolute Gasteiger partial charge is 0.328 e. The van der Waals surface area contributed by atoms with Gasteiger partial charge in [-0.15, -0.1) is 0 Å². The summed E-state index contributed by atoms with van der Waals surface area (Å²) in [6.07, 6.45) is 0. The second kappa shape index (κ2) is 14.1. The van der Waals surface area contributed by atoms with Crippen molar-refractivity contribution in [3.8, 4) is 11.5 Å². The lowest BCUT2D eigenvalue weighted by atomic mass is 10.1. The van der Waals surface area contributed by atoms with Crippen LogP contribution in [0.4, 0.5) is 27.5 Å². The summed E-state index contributed by atoms with van der Waals surface area (Å²) in [7, 11) is -9.35. The molecule has 0 aliphatic carbocycles. The summed E-state index contributed by atoms with van der Waals surface area (Å²) in [5.41, 5.74) is 1.93. The summed E-state index contributed by atoms with van der Waals surface area (Å²) in [4.78, 5) is 37.9. The molecule has 0 fully saturated rings. The number of carbonyl (C=O) groups excluding carboxylic acids is 3. The molecule has 0 saturated heterocycles. The zero-order valence-corrected chi connectivity index (χ0v) is 29.8. The molecule has 6 aromatic carbocycles. The molecular formula is C37H30N4O11S2. The number of imide groups is 2. The van der Waals surface area contributed by atoms with Crippen molar-refractivity contribution in [1.82, 2.24) is 10.6 Å². The Morgan fingerprint density at radius 3 is 1.28 bits per heavy atom. The molecule has 54 heavy (non-hydrogen) atoms. The van der Waals surface area contributed by atoms with Gasteiger partial charge in [0.25, 0.3) is 32.1 Å². The number of aromatic hydroxyl groups is 2. The van der Waals surface area contributed by atoms with E-state index >= 15 is 0 Å². The van der Waals surface area contributed by atoms with Gasteiger partial charge in [-0.05, 0) is 84.3 Å². The van der Waals surface area contributed by atoms with Gasteiger partial charge in [0.2, 0.25) is 0 Å². The summed E-state index contributed by atoms with van der Waals surface area (Å²) in [5.74, 6) is -2.71. The molecule has 0 radical (unpaired) electrons. The summed E-state index contributed by atoms with van der Waals surface area (Å²) < 4.78 is 67.2. The Labute approximate surface area is 307 Å². The summed E-state index contributed by atoms with van der Waals surface area (Å²) >= 11 is 0. The van der Waals surface area contributed by atoms with Gasteiger partial charge in [0, 0.05) is 33.3 Å². The zero-order valence-electron chi connectivity index (χ0n) is 28.2. The monoisotopic (exact) mass is 770 g/mol. The van der Waals surface area contributed by atoms with Crippen molar-refractivity contribution in [2.75, 3.05) is 10.6 Å². The third-order valence-electron chi connectivity index (χ3n) is 8.51. The molecular weight excluding hydrogens is 741 g/mol. The van der Waals surface area contributed by atoms with Crippen LogP contribution in [0.15, 0.2) is 107 Å². The molecule has 0 saturated carbocycles. The van der Waals surface area contributed by atoms with Gasteiger partial charge < -0.3 is 20.8 Å². The minimum Gasteiger partial charge on any atom is -0.505 e. The number of carbonyl (C=O) groups is 3. The minimum atomic E-state index is -4.68. The molecule has 15 nitrogen and oxygen atoms in total. The van der Waals surface area contributed by atoms with Gasteiger partial charge in [0.05, 0.1) is 11.4 Å². The molecule has 0 spiro atoms. The van der Waals surface area contributed by atoms with Crippen molar-refractivity contribution < 1.29 is 50.5 Å². The maximum atomic E-state index is 13.1. The van der Waals surface area contributed by atoms with Gasteiger partial charge in [-0.2, -0.15) is 16.8 Å². The van der Waals surface area contributed by atoms with Crippen LogP contribution < -0.4 is 21.3 Å². The lowest BCUT2D eigenvalue weighted by molar-refractivity contribution is 0.0944. The highest BCUT2D eigenvalue weighted by Gasteiger charge is 2.22. The lowest BCUT2D eigenvalue weighted by Gasteiger charge is -2.15. The van der Waals surface area contributed by atoms with E-state index in [2.05, 4.69) is 21.3 Å². The Kier molecular flexibility index (Phi) is 9.74. The molecule has 0 aliphatic rings. The molecule has 276 valence electrons. The second-order valence-corrected chi connectivity index (χ2v) is 14.9. The Bertz CT molecular complexity index is 2600. The van der Waals surface area contributed by atoms with E-state index < -0.39 is 59.4 Å². The van der Waals surface area contributed by atoms with Crippen LogP contribution >= 0.6 is 0 Å². The Hall–Kier alpha value is -6.53. The lowest BCUT2D eigenvalue weighted by Crippen LogP contribution is -2.42. The minimum absolute atomic E-state index is 0.0150. The Morgan fingerprint density at radius 1 is 0.519 bits per heavy atom. The summed E-state index contributed by atoms with van der Waals surface area (Å²) in [5, 5.41) is 32.4. The molecule has 6 aromatic rings. The maximum absolute atomic E-state index is 13.1. The van der Waals surface area contributed by atoms with E-state index in [0.29, 0.717) is 33.3 Å². The van der Waals surface area contributed by atoms with Crippen LogP contribution in [0.25, 0.3) is 21.5 Å². The number of hydrogen-bond acceptors (Lipinski definition) is 11. The van der Waals surface area contributed by atoms with E-state index in [4.69, 9.17) is 0 Å². The van der Waals surface area contributed by atoms with E-state index in [-0.39, 0.29) is 33.3 Å². The number of rotatable bonds is 8. The average molecular weight is 771 g/mol. The van der Waals surface area contributed by atoms with Crippen molar-refractivity contribution in [3.63, 3.8) is 0 Å². The maximum Gasteiger partial charge on any atom is 0.328 e. The normalized spacial score (nSPS) is 11.6. The molecule has 0 unspecified atom stereocenters. The number of anilines is 4. The number of urea groups is 1. The van der Waals surface area contributed by atoms with E-state index in [1.54, 1.807) is 38.1 Å². The number of aryl methyl sites for hydroxylation is 2. The summed E-state index contributed by atoms with van der Waals surface area (Å²) in [6.45, 7) is 3.39. The number of benzene rings is 6. The van der Waals surface area contributed by atoms with E-state index in [0.717, 1.165) is 12.1 Å². The summed E-state index contributed by atoms with van der Waals surface area (Å²) in [6, 6.07) is 21.8. The van der Waals surface area contributed by atoms with Gasteiger partial charge >= 0.3 is 6.03 Å². The number of nitrogens with one attached hydrogen (secondary N) is 4. The first-order valence-electron chi connectivity index (χ1n) is 15.8. The van der Waals surface area contributed by atoms with Crippen LogP contribution in [0.2, 0.25) is 0 Å². The number of fused-ring (bicyclic) bond motifs is 2. The molecule has 0 atom stereocenters. The van der Waals surface area contributed by atoms with Crippen LogP contribution in [-0.4, -0.2) is 54.0 Å². The molecule has 4 amide bonds. The number of hydrogen-bond donors (Lipinski definition) is 8. The predicted octanol–water partition coefficient (Wildman–Crippen LogP) is 6.28. The van der Waals surface area contributed by atoms with Gasteiger partial charge in [-0.3, -0.25) is 29.3 Å². The third kappa shape index (κ3) is 7.50. The first-order chi connectivity index (χ1) is 25.4. The number of phenols is 2. The first-order valence-corrected chi connectivity index (χ1v) is 18.7. The van der Waals surface area contributed by atoms with Crippen molar-refractivity contribution in [1.29, 1.82) is 0 Å². The first kappa shape index (κ1) is 37.2. The fraction of sp³-hybridized carbons (Fsp3) is 0.0541.